The van der Waals surface area contributed by atoms with Crippen LogP contribution in [0.1, 0.15) is 31.2 Å². The molecule has 83 valence electrons. The van der Waals surface area contributed by atoms with Gasteiger partial charge in [0.2, 0.25) is 0 Å². The van der Waals surface area contributed by atoms with Crippen LogP contribution in [0.4, 0.5) is 5.69 Å². The van der Waals surface area contributed by atoms with E-state index < -0.39 is 5.72 Å². The van der Waals surface area contributed by atoms with Crippen molar-refractivity contribution in [2.24, 2.45) is 0 Å². The van der Waals surface area contributed by atoms with Gasteiger partial charge in [-0.05, 0) is 50.3 Å². The zero-order valence-corrected chi connectivity index (χ0v) is 9.24. The first kappa shape index (κ1) is 11.0. The summed E-state index contributed by atoms with van der Waals surface area (Å²) >= 11 is 0. The van der Waals surface area contributed by atoms with Crippen molar-refractivity contribution >= 4 is 5.69 Å². The number of anilines is 1. The first-order valence-electron chi connectivity index (χ1n) is 5.61. The molecule has 0 aromatic heterocycles. The zero-order chi connectivity index (χ0) is 11.4. The van der Waals surface area contributed by atoms with Crippen LogP contribution < -0.4 is 5.32 Å². The minimum Gasteiger partial charge on any atom is -0.371 e. The molecule has 1 aromatic rings. The quantitative estimate of drug-likeness (QED) is 0.585. The van der Waals surface area contributed by atoms with E-state index in [1.54, 1.807) is 0 Å². The first-order chi connectivity index (χ1) is 7.72. The van der Waals surface area contributed by atoms with Crippen LogP contribution in [0.5, 0.6) is 0 Å². The molecule has 16 heavy (non-hydrogen) atoms. The lowest BCUT2D eigenvalue weighted by atomic mass is 9.91. The molecule has 1 aliphatic rings. The van der Waals surface area contributed by atoms with Gasteiger partial charge in [-0.15, -0.1) is 6.42 Å². The van der Waals surface area contributed by atoms with Gasteiger partial charge in [-0.1, -0.05) is 12.0 Å². The fourth-order valence-corrected chi connectivity index (χ4v) is 2.05. The topological polar surface area (TPSA) is 32.3 Å². The Morgan fingerprint density at radius 1 is 1.44 bits per heavy atom. The van der Waals surface area contributed by atoms with E-state index in [9.17, 15) is 5.11 Å². The Balaban J connectivity index is 2.10. The molecular weight excluding hydrogens is 198 g/mol. The normalized spacial score (nSPS) is 18.8. The number of rotatable bonds is 2. The Kier molecular flexibility index (Phi) is 3.17. The van der Waals surface area contributed by atoms with Gasteiger partial charge < -0.3 is 10.4 Å². The molecule has 0 saturated heterocycles. The van der Waals surface area contributed by atoms with Crippen molar-refractivity contribution in [1.82, 2.24) is 0 Å². The zero-order valence-electron chi connectivity index (χ0n) is 9.24. The Morgan fingerprint density at radius 3 is 3.00 bits per heavy atom. The third kappa shape index (κ3) is 2.56. The highest BCUT2D eigenvalue weighted by atomic mass is 16.3. The molecule has 1 saturated carbocycles. The predicted molar refractivity (Wildman–Crippen MR) is 65.7 cm³/mol. The van der Waals surface area contributed by atoms with Crippen LogP contribution in [0, 0.1) is 18.8 Å². The molecule has 1 unspecified atom stereocenters. The summed E-state index contributed by atoms with van der Waals surface area (Å²) < 4.78 is 0. The Labute approximate surface area is 96.7 Å². The van der Waals surface area contributed by atoms with Gasteiger partial charge in [0, 0.05) is 11.3 Å². The van der Waals surface area contributed by atoms with E-state index in [1.807, 2.05) is 24.3 Å². The van der Waals surface area contributed by atoms with Gasteiger partial charge in [0.05, 0.1) is 0 Å². The number of hydrogen-bond acceptors (Lipinski definition) is 2. The van der Waals surface area contributed by atoms with Gasteiger partial charge in [0.15, 0.2) is 0 Å². The van der Waals surface area contributed by atoms with Crippen LogP contribution in [-0.2, 0) is 0 Å². The molecule has 1 atom stereocenters. The fraction of sp³-hybridized carbons (Fsp3) is 0.357. The Morgan fingerprint density at radius 2 is 2.31 bits per heavy atom. The number of terminal acetylenes is 1. The van der Waals surface area contributed by atoms with E-state index in [0.29, 0.717) is 6.42 Å². The van der Waals surface area contributed by atoms with E-state index in [-0.39, 0.29) is 0 Å². The summed E-state index contributed by atoms with van der Waals surface area (Å²) in [6.07, 6.45) is 11.1. The van der Waals surface area contributed by atoms with Crippen molar-refractivity contribution < 1.29 is 5.11 Å². The van der Waals surface area contributed by atoms with Gasteiger partial charge >= 0.3 is 0 Å². The highest BCUT2D eigenvalue weighted by Crippen LogP contribution is 2.28. The van der Waals surface area contributed by atoms with E-state index in [1.165, 1.54) is 0 Å². The number of aliphatic hydroxyl groups is 1. The summed E-state index contributed by atoms with van der Waals surface area (Å²) in [5.74, 6) is 2.59. The van der Waals surface area contributed by atoms with Crippen molar-refractivity contribution in [2.45, 2.75) is 31.4 Å². The summed E-state index contributed by atoms with van der Waals surface area (Å²) in [5, 5.41) is 13.5. The minimum atomic E-state index is -0.800. The van der Waals surface area contributed by atoms with E-state index in [0.717, 1.165) is 30.5 Å². The van der Waals surface area contributed by atoms with Crippen LogP contribution in [0.2, 0.25) is 0 Å². The third-order valence-electron chi connectivity index (χ3n) is 2.89. The molecule has 2 nitrogen and oxygen atoms in total. The number of nitrogens with one attached hydrogen (secondary N) is 1. The second kappa shape index (κ2) is 4.59. The summed E-state index contributed by atoms with van der Waals surface area (Å²) in [5.41, 5.74) is 0.910. The second-order valence-electron chi connectivity index (χ2n) is 4.27. The molecule has 1 radical (unpaired) electrons. The molecular formula is C14H16NO. The molecule has 0 spiro atoms. The molecule has 1 aliphatic carbocycles. The SMILES string of the molecule is C#Cc1cccc(NC2(O)C[CH]CCC2)c1. The lowest BCUT2D eigenvalue weighted by molar-refractivity contribution is 0.0466. The smallest absolute Gasteiger partial charge is 0.135 e. The largest absolute Gasteiger partial charge is 0.371 e. The molecule has 1 aromatic carbocycles. The number of benzene rings is 1. The van der Waals surface area contributed by atoms with Crippen LogP contribution in [-0.4, -0.2) is 10.8 Å². The standard InChI is InChI=1S/C14H16NO/c1-2-12-7-6-8-13(11-12)15-14(16)9-4-3-5-10-14/h1,4,6-8,11,15-16H,3,5,9-10H2. The van der Waals surface area contributed by atoms with E-state index in [2.05, 4.69) is 17.7 Å². The second-order valence-corrected chi connectivity index (χ2v) is 4.27. The number of hydrogen-bond donors (Lipinski definition) is 2. The van der Waals surface area contributed by atoms with Crippen molar-refractivity contribution in [3.63, 3.8) is 0 Å². The minimum absolute atomic E-state index is 0.688. The van der Waals surface area contributed by atoms with E-state index >= 15 is 0 Å². The van der Waals surface area contributed by atoms with Crippen molar-refractivity contribution in [3.8, 4) is 12.3 Å². The highest BCUT2D eigenvalue weighted by molar-refractivity contribution is 5.51. The maximum absolute atomic E-state index is 10.3. The van der Waals surface area contributed by atoms with Crippen LogP contribution >= 0.6 is 0 Å². The monoisotopic (exact) mass is 214 g/mol. The summed E-state index contributed by atoms with van der Waals surface area (Å²) in [6.45, 7) is 0. The molecule has 0 amide bonds. The Hall–Kier alpha value is -1.46. The summed E-state index contributed by atoms with van der Waals surface area (Å²) in [7, 11) is 0. The first-order valence-corrected chi connectivity index (χ1v) is 5.61. The predicted octanol–water partition coefficient (Wildman–Crippen LogP) is 2.55. The highest BCUT2D eigenvalue weighted by Gasteiger charge is 2.28. The van der Waals surface area contributed by atoms with Crippen molar-refractivity contribution in [1.29, 1.82) is 0 Å². The molecule has 0 aliphatic heterocycles. The maximum atomic E-state index is 10.3. The average molecular weight is 214 g/mol. The molecule has 1 fully saturated rings. The van der Waals surface area contributed by atoms with Gasteiger partial charge in [0.25, 0.3) is 0 Å². The van der Waals surface area contributed by atoms with E-state index in [4.69, 9.17) is 6.42 Å². The van der Waals surface area contributed by atoms with Crippen LogP contribution in [0.3, 0.4) is 0 Å². The molecule has 2 N–H and O–H groups in total. The molecule has 0 bridgehead atoms. The van der Waals surface area contributed by atoms with Gasteiger partial charge in [-0.25, -0.2) is 0 Å². The lowest BCUT2D eigenvalue weighted by Crippen LogP contribution is -2.40. The van der Waals surface area contributed by atoms with Crippen molar-refractivity contribution in [2.75, 3.05) is 5.32 Å². The van der Waals surface area contributed by atoms with Crippen LogP contribution in [0.25, 0.3) is 0 Å². The Bertz CT molecular complexity index is 399. The lowest BCUT2D eigenvalue weighted by Gasteiger charge is -2.33. The molecule has 2 rings (SSSR count). The van der Waals surface area contributed by atoms with Crippen LogP contribution in [0.15, 0.2) is 24.3 Å². The average Bonchev–Trinajstić information content (AvgIpc) is 2.29. The summed E-state index contributed by atoms with van der Waals surface area (Å²) in [4.78, 5) is 0. The van der Waals surface area contributed by atoms with Crippen molar-refractivity contribution in [3.05, 3.63) is 36.2 Å². The van der Waals surface area contributed by atoms with Gasteiger partial charge in [0.1, 0.15) is 5.72 Å². The van der Waals surface area contributed by atoms with Gasteiger partial charge in [-0.3, -0.25) is 0 Å². The fourth-order valence-electron chi connectivity index (χ4n) is 2.05. The van der Waals surface area contributed by atoms with Gasteiger partial charge in [-0.2, -0.15) is 0 Å². The maximum Gasteiger partial charge on any atom is 0.135 e. The molecule has 2 heteroatoms. The third-order valence-corrected chi connectivity index (χ3v) is 2.89. The molecule has 0 heterocycles. The summed E-state index contributed by atoms with van der Waals surface area (Å²) in [6, 6.07) is 7.58.